The predicted octanol–water partition coefficient (Wildman–Crippen LogP) is -0.542. The van der Waals surface area contributed by atoms with Gasteiger partial charge in [-0.3, -0.25) is 9.36 Å². The van der Waals surface area contributed by atoms with Gasteiger partial charge in [0.05, 0.1) is 18.4 Å². The summed E-state index contributed by atoms with van der Waals surface area (Å²) < 4.78 is 6.71. The van der Waals surface area contributed by atoms with Crippen LogP contribution >= 0.6 is 0 Å². The minimum atomic E-state index is -0.443. The highest BCUT2D eigenvalue weighted by Gasteiger charge is 2.11. The predicted molar refractivity (Wildman–Crippen MR) is 55.2 cm³/mol. The maximum absolute atomic E-state index is 10.8. The molecule has 2 aromatic rings. The topological polar surface area (TPSA) is 95.9 Å². The quantitative estimate of drug-likeness (QED) is 0.747. The van der Waals surface area contributed by atoms with Gasteiger partial charge in [0.25, 0.3) is 0 Å². The van der Waals surface area contributed by atoms with E-state index in [1.165, 1.54) is 6.33 Å². The number of hydrogen-bond donors (Lipinski definition) is 1. The van der Waals surface area contributed by atoms with Crippen molar-refractivity contribution in [2.75, 3.05) is 7.11 Å². The average molecular weight is 221 g/mol. The molecule has 0 aromatic carbocycles. The molecule has 0 fully saturated rings. The number of aromatic nitrogens is 4. The molecule has 0 bridgehead atoms. The number of primary amides is 1. The van der Waals surface area contributed by atoms with E-state index in [-0.39, 0.29) is 6.42 Å². The molecule has 7 nitrogen and oxygen atoms in total. The van der Waals surface area contributed by atoms with Crippen LogP contribution in [0.2, 0.25) is 0 Å². The summed E-state index contributed by atoms with van der Waals surface area (Å²) in [5.74, 6) is -0.443. The van der Waals surface area contributed by atoms with Gasteiger partial charge in [-0.1, -0.05) is 0 Å². The van der Waals surface area contributed by atoms with Crippen LogP contribution in [0.4, 0.5) is 0 Å². The Morgan fingerprint density at radius 3 is 3.00 bits per heavy atom. The monoisotopic (exact) mass is 221 g/mol. The van der Waals surface area contributed by atoms with E-state index in [4.69, 9.17) is 10.5 Å². The number of carbonyl (C=O) groups excluding carboxylic acids is 1. The van der Waals surface area contributed by atoms with Crippen LogP contribution in [0, 0.1) is 0 Å². The number of hydrogen-bond acceptors (Lipinski definition) is 5. The molecule has 2 aromatic heterocycles. The minimum Gasteiger partial charge on any atom is -0.369 e. The van der Waals surface area contributed by atoms with E-state index in [9.17, 15) is 4.79 Å². The minimum absolute atomic E-state index is 0.0585. The van der Waals surface area contributed by atoms with Crippen LogP contribution in [0.1, 0.15) is 5.69 Å². The third-order valence-electron chi connectivity index (χ3n) is 2.09. The van der Waals surface area contributed by atoms with Crippen LogP contribution in [0.5, 0.6) is 0 Å². The molecule has 84 valence electrons. The second kappa shape index (κ2) is 4.23. The van der Waals surface area contributed by atoms with Gasteiger partial charge in [-0.15, -0.1) is 0 Å². The fraction of sp³-hybridized carbons (Fsp3) is 0.333. The molecule has 0 aliphatic carbocycles. The molecule has 0 saturated heterocycles. The Hall–Kier alpha value is -2.02. The number of fused-ring (bicyclic) bond motifs is 1. The summed E-state index contributed by atoms with van der Waals surface area (Å²) in [6.45, 7) is 0.351. The molecule has 2 N–H and O–H groups in total. The zero-order chi connectivity index (χ0) is 11.5. The molecule has 0 saturated carbocycles. The molecular formula is C9H11N5O2. The van der Waals surface area contributed by atoms with Crippen molar-refractivity contribution in [3.63, 3.8) is 0 Å². The Morgan fingerprint density at radius 1 is 1.50 bits per heavy atom. The van der Waals surface area contributed by atoms with E-state index in [0.29, 0.717) is 23.6 Å². The first kappa shape index (κ1) is 10.5. The Kier molecular flexibility index (Phi) is 2.78. The van der Waals surface area contributed by atoms with E-state index in [2.05, 4.69) is 15.0 Å². The van der Waals surface area contributed by atoms with Crippen molar-refractivity contribution >= 4 is 17.1 Å². The molecule has 0 atom stereocenters. The van der Waals surface area contributed by atoms with Crippen LogP contribution in [0.3, 0.4) is 0 Å². The molecule has 2 rings (SSSR count). The number of carbonyl (C=O) groups is 1. The van der Waals surface area contributed by atoms with E-state index in [1.807, 2.05) is 0 Å². The second-order valence-corrected chi connectivity index (χ2v) is 3.27. The first-order chi connectivity index (χ1) is 7.72. The largest absolute Gasteiger partial charge is 0.369 e. The van der Waals surface area contributed by atoms with E-state index < -0.39 is 5.91 Å². The van der Waals surface area contributed by atoms with Crippen molar-refractivity contribution in [3.8, 4) is 0 Å². The second-order valence-electron chi connectivity index (χ2n) is 3.27. The zero-order valence-corrected chi connectivity index (χ0v) is 8.75. The molecule has 0 spiro atoms. The summed E-state index contributed by atoms with van der Waals surface area (Å²) in [5.41, 5.74) is 6.87. The highest BCUT2D eigenvalue weighted by atomic mass is 16.5. The fourth-order valence-corrected chi connectivity index (χ4v) is 1.46. The Labute approximate surface area is 91.3 Å². The summed E-state index contributed by atoms with van der Waals surface area (Å²) in [5, 5.41) is 0. The number of methoxy groups -OCH3 is 1. The summed E-state index contributed by atoms with van der Waals surface area (Å²) in [6.07, 6.45) is 3.03. The normalized spacial score (nSPS) is 10.8. The highest BCUT2D eigenvalue weighted by Crippen LogP contribution is 2.13. The van der Waals surface area contributed by atoms with Crippen LogP contribution < -0.4 is 5.73 Å². The molecule has 2 heterocycles. The van der Waals surface area contributed by atoms with Gasteiger partial charge in [0.2, 0.25) is 5.91 Å². The first-order valence-electron chi connectivity index (χ1n) is 4.64. The Balaban J connectivity index is 2.48. The van der Waals surface area contributed by atoms with E-state index >= 15 is 0 Å². The van der Waals surface area contributed by atoms with E-state index in [0.717, 1.165) is 0 Å². The van der Waals surface area contributed by atoms with Crippen molar-refractivity contribution in [1.29, 1.82) is 0 Å². The molecule has 16 heavy (non-hydrogen) atoms. The third-order valence-corrected chi connectivity index (χ3v) is 2.09. The molecular weight excluding hydrogens is 210 g/mol. The van der Waals surface area contributed by atoms with Crippen molar-refractivity contribution in [3.05, 3.63) is 18.3 Å². The Morgan fingerprint density at radius 2 is 2.31 bits per heavy atom. The lowest BCUT2D eigenvalue weighted by Gasteiger charge is -2.01. The molecule has 0 aliphatic heterocycles. The number of ether oxygens (including phenoxy) is 1. The molecule has 0 radical (unpaired) electrons. The van der Waals surface area contributed by atoms with Gasteiger partial charge in [0.15, 0.2) is 5.65 Å². The van der Waals surface area contributed by atoms with Gasteiger partial charge in [-0.25, -0.2) is 15.0 Å². The van der Waals surface area contributed by atoms with Crippen molar-refractivity contribution in [2.24, 2.45) is 5.73 Å². The van der Waals surface area contributed by atoms with Gasteiger partial charge in [-0.05, 0) is 0 Å². The smallest absolute Gasteiger partial charge is 0.223 e. The lowest BCUT2D eigenvalue weighted by molar-refractivity contribution is -0.117. The molecule has 0 aliphatic rings. The number of rotatable bonds is 4. The van der Waals surface area contributed by atoms with Crippen molar-refractivity contribution in [2.45, 2.75) is 13.2 Å². The zero-order valence-electron chi connectivity index (χ0n) is 8.75. The van der Waals surface area contributed by atoms with Gasteiger partial charge >= 0.3 is 0 Å². The molecule has 7 heteroatoms. The SMILES string of the molecule is COCn1cnc2c(CC(N)=O)ncnc21. The standard InChI is InChI=1S/C9H11N5O2/c1-16-5-14-4-13-8-6(2-7(10)15)11-3-12-9(8)14/h3-4H,2,5H2,1H3,(H2,10,15). The lowest BCUT2D eigenvalue weighted by atomic mass is 10.2. The van der Waals surface area contributed by atoms with E-state index in [1.54, 1.807) is 18.0 Å². The van der Waals surface area contributed by atoms with Crippen LogP contribution in [-0.4, -0.2) is 32.5 Å². The van der Waals surface area contributed by atoms with Gasteiger partial charge in [0.1, 0.15) is 18.6 Å². The number of nitrogens with zero attached hydrogens (tertiary/aromatic N) is 4. The number of imidazole rings is 1. The molecule has 0 unspecified atom stereocenters. The van der Waals surface area contributed by atoms with Gasteiger partial charge in [0, 0.05) is 7.11 Å². The summed E-state index contributed by atoms with van der Waals surface area (Å²) in [7, 11) is 1.58. The van der Waals surface area contributed by atoms with Crippen LogP contribution in [0.25, 0.3) is 11.2 Å². The highest BCUT2D eigenvalue weighted by molar-refractivity contribution is 5.82. The Bertz CT molecular complexity index is 522. The summed E-state index contributed by atoms with van der Waals surface area (Å²) in [4.78, 5) is 23.1. The van der Waals surface area contributed by atoms with Crippen LogP contribution in [-0.2, 0) is 22.7 Å². The van der Waals surface area contributed by atoms with Crippen molar-refractivity contribution in [1.82, 2.24) is 19.5 Å². The maximum atomic E-state index is 10.8. The van der Waals surface area contributed by atoms with Gasteiger partial charge in [-0.2, -0.15) is 0 Å². The molecule has 1 amide bonds. The number of amides is 1. The summed E-state index contributed by atoms with van der Waals surface area (Å²) in [6, 6.07) is 0. The van der Waals surface area contributed by atoms with Crippen molar-refractivity contribution < 1.29 is 9.53 Å². The van der Waals surface area contributed by atoms with Crippen LogP contribution in [0.15, 0.2) is 12.7 Å². The average Bonchev–Trinajstić information content (AvgIpc) is 2.63. The van der Waals surface area contributed by atoms with Gasteiger partial charge < -0.3 is 10.5 Å². The maximum Gasteiger partial charge on any atom is 0.223 e. The first-order valence-corrected chi connectivity index (χ1v) is 4.64. The lowest BCUT2D eigenvalue weighted by Crippen LogP contribution is -2.15. The third kappa shape index (κ3) is 1.84. The number of nitrogens with two attached hydrogens (primary N) is 1. The summed E-state index contributed by atoms with van der Waals surface area (Å²) >= 11 is 0. The fourth-order valence-electron chi connectivity index (χ4n) is 1.46.